The fraction of sp³-hybridized carbons (Fsp3) is 0.800. The van der Waals surface area contributed by atoms with Gasteiger partial charge in [0.2, 0.25) is 8.32 Å². The second-order valence-electron chi connectivity index (χ2n) is 13.6. The first-order chi connectivity index (χ1) is 16.4. The highest BCUT2D eigenvalue weighted by Gasteiger charge is 2.59. The minimum Gasteiger partial charge on any atom is -0.543 e. The minimum atomic E-state index is -1.94. The molecular formula is C30H48ClFO2Si. The Balaban J connectivity index is 1.68. The molecule has 3 aliphatic carbocycles. The van der Waals surface area contributed by atoms with Gasteiger partial charge in [0.25, 0.3) is 0 Å². The Morgan fingerprint density at radius 3 is 2.57 bits per heavy atom. The summed E-state index contributed by atoms with van der Waals surface area (Å²) < 4.78 is 22.9. The first-order valence-electron chi connectivity index (χ1n) is 14.1. The molecule has 0 aliphatic heterocycles. The molecule has 1 N–H and O–H groups in total. The summed E-state index contributed by atoms with van der Waals surface area (Å²) in [5, 5.41) is 10.3. The van der Waals surface area contributed by atoms with Crippen molar-refractivity contribution in [2.75, 3.05) is 12.5 Å². The zero-order valence-corrected chi connectivity index (χ0v) is 24.6. The number of fused-ring (bicyclic) bond motifs is 5. The molecule has 0 radical (unpaired) electrons. The van der Waals surface area contributed by atoms with Crippen LogP contribution in [0.15, 0.2) is 18.2 Å². The fourth-order valence-corrected chi connectivity index (χ4v) is 8.85. The van der Waals surface area contributed by atoms with Crippen molar-refractivity contribution < 1.29 is 13.9 Å². The van der Waals surface area contributed by atoms with Crippen molar-refractivity contribution in [2.24, 2.45) is 29.1 Å². The lowest BCUT2D eigenvalue weighted by atomic mass is 9.50. The first kappa shape index (κ1) is 27.5. The van der Waals surface area contributed by atoms with Gasteiger partial charge in [-0.3, -0.25) is 0 Å². The molecule has 2 fully saturated rings. The minimum absolute atomic E-state index is 0.0192. The van der Waals surface area contributed by atoms with Crippen molar-refractivity contribution in [3.05, 3.63) is 29.3 Å². The van der Waals surface area contributed by atoms with Gasteiger partial charge in [0.05, 0.1) is 0 Å². The Bertz CT molecular complexity index is 884. The van der Waals surface area contributed by atoms with Crippen LogP contribution in [0.1, 0.15) is 89.7 Å². The number of aliphatic hydroxyl groups is 1. The predicted octanol–water partition coefficient (Wildman–Crippen LogP) is 8.51. The molecule has 1 aromatic carbocycles. The molecule has 1 aromatic rings. The van der Waals surface area contributed by atoms with Crippen molar-refractivity contribution >= 4 is 19.9 Å². The molecule has 0 bridgehead atoms. The summed E-state index contributed by atoms with van der Waals surface area (Å²) >= 11 is 5.96. The van der Waals surface area contributed by atoms with E-state index in [0.717, 1.165) is 50.2 Å². The molecule has 0 heterocycles. The predicted molar refractivity (Wildman–Crippen MR) is 148 cm³/mol. The van der Waals surface area contributed by atoms with Gasteiger partial charge in [0.15, 0.2) is 0 Å². The number of benzene rings is 1. The van der Waals surface area contributed by atoms with Gasteiger partial charge in [-0.15, -0.1) is 11.6 Å². The molecule has 35 heavy (non-hydrogen) atoms. The third kappa shape index (κ3) is 5.10. The normalized spacial score (nSPS) is 34.8. The van der Waals surface area contributed by atoms with E-state index < -0.39 is 14.5 Å². The lowest BCUT2D eigenvalue weighted by Crippen LogP contribution is -2.51. The molecule has 0 spiro atoms. The maximum Gasteiger partial charge on any atom is 0.250 e. The lowest BCUT2D eigenvalue weighted by Gasteiger charge is -2.55. The zero-order valence-electron chi connectivity index (χ0n) is 22.9. The number of unbranched alkanes of at least 4 members (excludes halogenated alkanes) is 2. The van der Waals surface area contributed by atoms with Crippen LogP contribution in [0.25, 0.3) is 0 Å². The number of hydrogen-bond donors (Lipinski definition) is 1. The molecule has 0 aromatic heterocycles. The number of alkyl halides is 2. The molecule has 0 saturated heterocycles. The van der Waals surface area contributed by atoms with Gasteiger partial charge in [-0.05, 0) is 109 Å². The van der Waals surface area contributed by atoms with Crippen LogP contribution >= 0.6 is 11.6 Å². The van der Waals surface area contributed by atoms with Gasteiger partial charge in [0, 0.05) is 18.4 Å². The standard InChI is InChI=1S/C30H48ClFO2Si/c1-29(2,3)35(5,6)34-23-12-13-24-21(17-23)16-20(10-8-7-9-15-31)27-25-14-11-22(19-33)30(25,4)18-26(32)28(24)27/h12-13,17,20,22,25-28,33H,7-11,14-16,18-19H2,1-6H3. The molecule has 5 heteroatoms. The van der Waals surface area contributed by atoms with Crippen LogP contribution < -0.4 is 4.43 Å². The summed E-state index contributed by atoms with van der Waals surface area (Å²) in [5.74, 6) is 3.28. The fourth-order valence-electron chi connectivity index (χ4n) is 7.64. The molecule has 0 amide bonds. The van der Waals surface area contributed by atoms with E-state index in [-0.39, 0.29) is 28.9 Å². The highest BCUT2D eigenvalue weighted by Crippen LogP contribution is 2.65. The van der Waals surface area contributed by atoms with Crippen molar-refractivity contribution in [1.29, 1.82) is 0 Å². The summed E-state index contributed by atoms with van der Waals surface area (Å²) in [6.45, 7) is 13.9. The topological polar surface area (TPSA) is 29.5 Å². The van der Waals surface area contributed by atoms with Gasteiger partial charge in [-0.1, -0.05) is 46.6 Å². The summed E-state index contributed by atoms with van der Waals surface area (Å²) in [7, 11) is -1.94. The van der Waals surface area contributed by atoms with Crippen molar-refractivity contribution in [1.82, 2.24) is 0 Å². The average molecular weight is 523 g/mol. The van der Waals surface area contributed by atoms with E-state index in [1.54, 1.807) is 0 Å². The number of halogens is 2. The van der Waals surface area contributed by atoms with E-state index in [9.17, 15) is 5.11 Å². The van der Waals surface area contributed by atoms with Gasteiger partial charge >= 0.3 is 0 Å². The van der Waals surface area contributed by atoms with Gasteiger partial charge in [0.1, 0.15) is 11.9 Å². The maximum atomic E-state index is 16.2. The van der Waals surface area contributed by atoms with Crippen LogP contribution in [0, 0.1) is 29.1 Å². The van der Waals surface area contributed by atoms with Gasteiger partial charge in [-0.25, -0.2) is 4.39 Å². The van der Waals surface area contributed by atoms with Crippen LogP contribution in [-0.4, -0.2) is 32.1 Å². The summed E-state index contributed by atoms with van der Waals surface area (Å²) in [4.78, 5) is 0. The Kier molecular flexibility index (Phi) is 8.07. The van der Waals surface area contributed by atoms with E-state index in [1.165, 1.54) is 17.5 Å². The number of rotatable bonds is 8. The number of hydrogen-bond acceptors (Lipinski definition) is 2. The third-order valence-corrected chi connectivity index (χ3v) is 15.2. The first-order valence-corrected chi connectivity index (χ1v) is 17.5. The maximum absolute atomic E-state index is 16.2. The van der Waals surface area contributed by atoms with E-state index in [4.69, 9.17) is 16.0 Å². The van der Waals surface area contributed by atoms with E-state index >= 15 is 4.39 Å². The smallest absolute Gasteiger partial charge is 0.250 e. The van der Waals surface area contributed by atoms with Crippen molar-refractivity contribution in [3.8, 4) is 5.75 Å². The molecule has 7 atom stereocenters. The summed E-state index contributed by atoms with van der Waals surface area (Å²) in [6, 6.07) is 6.57. The summed E-state index contributed by atoms with van der Waals surface area (Å²) in [6.07, 6.45) is 7.47. The monoisotopic (exact) mass is 522 g/mol. The average Bonchev–Trinajstić information content (AvgIpc) is 3.10. The van der Waals surface area contributed by atoms with Crippen LogP contribution in [0.4, 0.5) is 4.39 Å². The molecule has 2 saturated carbocycles. The second-order valence-corrected chi connectivity index (χ2v) is 18.7. The Hall–Kier alpha value is -0.583. The lowest BCUT2D eigenvalue weighted by molar-refractivity contribution is -0.0537. The Labute approximate surface area is 219 Å². The SMILES string of the molecule is CC12CC(F)C3c4ccc(O[Si](C)(C)C(C)(C)C)cc4CC(CCCCCCl)C3C1CCC2CO. The van der Waals surface area contributed by atoms with E-state index in [2.05, 4.69) is 59.0 Å². The van der Waals surface area contributed by atoms with Crippen LogP contribution in [0.2, 0.25) is 18.1 Å². The second kappa shape index (κ2) is 10.3. The highest BCUT2D eigenvalue weighted by molar-refractivity contribution is 6.74. The van der Waals surface area contributed by atoms with Gasteiger partial charge < -0.3 is 9.53 Å². The van der Waals surface area contributed by atoms with Crippen LogP contribution in [0.3, 0.4) is 0 Å². The van der Waals surface area contributed by atoms with Gasteiger partial charge in [-0.2, -0.15) is 0 Å². The zero-order chi connectivity index (χ0) is 25.6. The van der Waals surface area contributed by atoms with Crippen LogP contribution in [-0.2, 0) is 6.42 Å². The quantitative estimate of drug-likeness (QED) is 0.210. The molecular weight excluding hydrogens is 475 g/mol. The van der Waals surface area contributed by atoms with E-state index in [1.807, 2.05) is 0 Å². The molecule has 7 unspecified atom stereocenters. The molecule has 3 aliphatic rings. The van der Waals surface area contributed by atoms with Crippen molar-refractivity contribution in [2.45, 2.75) is 109 Å². The third-order valence-electron chi connectivity index (χ3n) is 10.6. The largest absolute Gasteiger partial charge is 0.543 e. The van der Waals surface area contributed by atoms with E-state index in [0.29, 0.717) is 24.2 Å². The molecule has 198 valence electrons. The molecule has 4 rings (SSSR count). The Morgan fingerprint density at radius 1 is 1.17 bits per heavy atom. The summed E-state index contributed by atoms with van der Waals surface area (Å²) in [5.41, 5.74) is 2.47. The highest BCUT2D eigenvalue weighted by atomic mass is 35.5. The van der Waals surface area contributed by atoms with Crippen LogP contribution in [0.5, 0.6) is 5.75 Å². The van der Waals surface area contributed by atoms with Crippen molar-refractivity contribution in [3.63, 3.8) is 0 Å². The Morgan fingerprint density at radius 2 is 1.91 bits per heavy atom. The molecule has 2 nitrogen and oxygen atoms in total. The number of aliphatic hydroxyl groups excluding tert-OH is 1.